The predicted molar refractivity (Wildman–Crippen MR) is 58.7 cm³/mol. The van der Waals surface area contributed by atoms with Gasteiger partial charge in [-0.2, -0.15) is 0 Å². The largest absolute Gasteiger partial charge is 0.496 e. The Balaban J connectivity index is 3.20. The van der Waals surface area contributed by atoms with Crippen LogP contribution in [-0.4, -0.2) is 20.0 Å². The molecule has 1 aromatic rings. The molecule has 0 fully saturated rings. The van der Waals surface area contributed by atoms with Gasteiger partial charge in [-0.15, -0.1) is 0 Å². The number of carbonyl (C=O) groups is 1. The minimum Gasteiger partial charge on any atom is -0.496 e. The van der Waals surface area contributed by atoms with E-state index < -0.39 is 6.67 Å². The summed E-state index contributed by atoms with van der Waals surface area (Å²) in [5, 5.41) is 0. The van der Waals surface area contributed by atoms with Crippen molar-refractivity contribution in [2.45, 2.75) is 20.0 Å². The van der Waals surface area contributed by atoms with Crippen LogP contribution in [0, 0.1) is 0 Å². The molecule has 1 aromatic carbocycles. The van der Waals surface area contributed by atoms with E-state index in [4.69, 9.17) is 9.47 Å². The van der Waals surface area contributed by atoms with E-state index in [-0.39, 0.29) is 12.2 Å². The lowest BCUT2D eigenvalue weighted by molar-refractivity contribution is -0.116. The van der Waals surface area contributed by atoms with E-state index in [2.05, 4.69) is 0 Å². The Morgan fingerprint density at radius 2 is 1.69 bits per heavy atom. The van der Waals surface area contributed by atoms with Crippen LogP contribution in [-0.2, 0) is 17.9 Å². The van der Waals surface area contributed by atoms with Gasteiger partial charge in [-0.3, -0.25) is 4.79 Å². The minimum atomic E-state index is -0.625. The summed E-state index contributed by atoms with van der Waals surface area (Å²) >= 11 is 0. The average Bonchev–Trinajstić information content (AvgIpc) is 2.27. The number of ketones is 1. The van der Waals surface area contributed by atoms with Gasteiger partial charge in [0.15, 0.2) is 0 Å². The number of rotatable bonds is 5. The number of alkyl halides is 1. The first-order valence-corrected chi connectivity index (χ1v) is 4.91. The fraction of sp³-hybridized carbons (Fsp3) is 0.417. The van der Waals surface area contributed by atoms with Crippen molar-refractivity contribution in [2.75, 3.05) is 14.2 Å². The number of methoxy groups -OCH3 is 2. The van der Waals surface area contributed by atoms with Gasteiger partial charge in [0.25, 0.3) is 0 Å². The molecule has 0 aliphatic rings. The van der Waals surface area contributed by atoms with Gasteiger partial charge in [-0.05, 0) is 19.1 Å². The lowest BCUT2D eigenvalue weighted by Gasteiger charge is -2.12. The Morgan fingerprint density at radius 1 is 1.19 bits per heavy atom. The van der Waals surface area contributed by atoms with Crippen molar-refractivity contribution < 1.29 is 18.7 Å². The molecular formula is C12H15FO3. The molecule has 0 bridgehead atoms. The monoisotopic (exact) mass is 226 g/mol. The first-order valence-electron chi connectivity index (χ1n) is 4.91. The molecule has 0 N–H and O–H groups in total. The van der Waals surface area contributed by atoms with Crippen LogP contribution in [0.1, 0.15) is 18.1 Å². The highest BCUT2D eigenvalue weighted by atomic mass is 19.1. The van der Waals surface area contributed by atoms with Crippen molar-refractivity contribution in [1.29, 1.82) is 0 Å². The molecule has 0 aliphatic carbocycles. The topological polar surface area (TPSA) is 35.5 Å². The summed E-state index contributed by atoms with van der Waals surface area (Å²) in [5.41, 5.74) is 1.13. The number of Topliss-reactive ketones (excluding diaryl/α,β-unsaturated/α-hetero) is 1. The van der Waals surface area contributed by atoms with Gasteiger partial charge in [-0.25, -0.2) is 4.39 Å². The molecule has 16 heavy (non-hydrogen) atoms. The van der Waals surface area contributed by atoms with E-state index in [1.54, 1.807) is 12.1 Å². The summed E-state index contributed by atoms with van der Waals surface area (Å²) < 4.78 is 22.8. The number of ether oxygens (including phenoxy) is 2. The van der Waals surface area contributed by atoms with Gasteiger partial charge in [-0.1, -0.05) is 0 Å². The Hall–Kier alpha value is -1.58. The molecule has 0 aliphatic heterocycles. The highest BCUT2D eigenvalue weighted by Crippen LogP contribution is 2.29. The number of carbonyl (C=O) groups excluding carboxylic acids is 1. The molecule has 0 aromatic heterocycles. The minimum absolute atomic E-state index is 0.0216. The second-order valence-electron chi connectivity index (χ2n) is 3.49. The fourth-order valence-electron chi connectivity index (χ4n) is 1.53. The molecule has 0 amide bonds. The molecule has 3 nitrogen and oxygen atoms in total. The third kappa shape index (κ3) is 2.72. The van der Waals surface area contributed by atoms with Crippen molar-refractivity contribution in [1.82, 2.24) is 0 Å². The second-order valence-corrected chi connectivity index (χ2v) is 3.49. The zero-order valence-electron chi connectivity index (χ0n) is 9.67. The highest BCUT2D eigenvalue weighted by Gasteiger charge is 2.12. The molecule has 0 unspecified atom stereocenters. The predicted octanol–water partition coefficient (Wildman–Crippen LogP) is 2.30. The Kier molecular flexibility index (Phi) is 4.28. The Labute approximate surface area is 94.2 Å². The lowest BCUT2D eigenvalue weighted by Crippen LogP contribution is -2.02. The summed E-state index contributed by atoms with van der Waals surface area (Å²) in [7, 11) is 2.96. The molecule has 0 radical (unpaired) electrons. The van der Waals surface area contributed by atoms with Crippen LogP contribution < -0.4 is 9.47 Å². The standard InChI is InChI=1S/C12H15FO3/c1-8(14)4-9-5-12(16-3)10(7-13)6-11(9)15-2/h5-6H,4,7H2,1-3H3. The van der Waals surface area contributed by atoms with Crippen LogP contribution in [0.3, 0.4) is 0 Å². The zero-order valence-corrected chi connectivity index (χ0v) is 9.67. The molecule has 0 atom stereocenters. The maximum Gasteiger partial charge on any atom is 0.134 e. The van der Waals surface area contributed by atoms with E-state index >= 15 is 0 Å². The van der Waals surface area contributed by atoms with Gasteiger partial charge < -0.3 is 9.47 Å². The van der Waals surface area contributed by atoms with E-state index in [0.29, 0.717) is 22.6 Å². The number of hydrogen-bond acceptors (Lipinski definition) is 3. The summed E-state index contributed by atoms with van der Waals surface area (Å²) in [5.74, 6) is 0.983. The summed E-state index contributed by atoms with van der Waals surface area (Å²) in [4.78, 5) is 11.1. The summed E-state index contributed by atoms with van der Waals surface area (Å²) in [6.45, 7) is 0.870. The molecule has 0 saturated heterocycles. The van der Waals surface area contributed by atoms with Crippen LogP contribution in [0.25, 0.3) is 0 Å². The number of benzene rings is 1. The van der Waals surface area contributed by atoms with E-state index in [1.165, 1.54) is 21.1 Å². The smallest absolute Gasteiger partial charge is 0.134 e. The van der Waals surface area contributed by atoms with Crippen molar-refractivity contribution in [3.05, 3.63) is 23.3 Å². The third-order valence-corrected chi connectivity index (χ3v) is 2.27. The van der Waals surface area contributed by atoms with Crippen LogP contribution in [0.5, 0.6) is 11.5 Å². The Bertz CT molecular complexity index is 388. The molecular weight excluding hydrogens is 211 g/mol. The SMILES string of the molecule is COc1cc(CC(C)=O)c(OC)cc1CF. The van der Waals surface area contributed by atoms with Crippen LogP contribution >= 0.6 is 0 Å². The van der Waals surface area contributed by atoms with E-state index in [9.17, 15) is 9.18 Å². The van der Waals surface area contributed by atoms with Gasteiger partial charge in [0.1, 0.15) is 24.0 Å². The molecule has 0 spiro atoms. The Morgan fingerprint density at radius 3 is 2.12 bits per heavy atom. The van der Waals surface area contributed by atoms with Crippen molar-refractivity contribution in [3.8, 4) is 11.5 Å². The van der Waals surface area contributed by atoms with Gasteiger partial charge in [0, 0.05) is 17.5 Å². The van der Waals surface area contributed by atoms with Gasteiger partial charge in [0.2, 0.25) is 0 Å². The molecule has 4 heteroatoms. The number of halogens is 1. The molecule has 1 rings (SSSR count). The maximum atomic E-state index is 12.7. The lowest BCUT2D eigenvalue weighted by atomic mass is 10.0. The fourth-order valence-corrected chi connectivity index (χ4v) is 1.53. The average molecular weight is 226 g/mol. The van der Waals surface area contributed by atoms with E-state index in [1.807, 2.05) is 0 Å². The molecule has 88 valence electrons. The molecule has 0 saturated carbocycles. The number of hydrogen-bond donors (Lipinski definition) is 0. The summed E-state index contributed by atoms with van der Waals surface area (Å²) in [6, 6.07) is 3.21. The third-order valence-electron chi connectivity index (χ3n) is 2.27. The van der Waals surface area contributed by atoms with Gasteiger partial charge in [0.05, 0.1) is 14.2 Å². The first-order chi connectivity index (χ1) is 7.62. The van der Waals surface area contributed by atoms with Crippen LogP contribution in [0.2, 0.25) is 0 Å². The maximum absolute atomic E-state index is 12.7. The van der Waals surface area contributed by atoms with Crippen LogP contribution in [0.4, 0.5) is 4.39 Å². The first kappa shape index (κ1) is 12.5. The normalized spacial score (nSPS) is 10.0. The van der Waals surface area contributed by atoms with Crippen molar-refractivity contribution >= 4 is 5.78 Å². The quantitative estimate of drug-likeness (QED) is 0.772. The van der Waals surface area contributed by atoms with E-state index in [0.717, 1.165) is 0 Å². The van der Waals surface area contributed by atoms with Crippen LogP contribution in [0.15, 0.2) is 12.1 Å². The van der Waals surface area contributed by atoms with Gasteiger partial charge >= 0.3 is 0 Å². The second kappa shape index (κ2) is 5.49. The highest BCUT2D eigenvalue weighted by molar-refractivity contribution is 5.79. The zero-order chi connectivity index (χ0) is 12.1. The van der Waals surface area contributed by atoms with Crippen molar-refractivity contribution in [3.63, 3.8) is 0 Å². The van der Waals surface area contributed by atoms with Crippen molar-refractivity contribution in [2.24, 2.45) is 0 Å². The molecule has 0 heterocycles. The summed E-state index contributed by atoms with van der Waals surface area (Å²) in [6.07, 6.45) is 0.256.